The molecule has 0 spiro atoms. The van der Waals surface area contributed by atoms with Crippen LogP contribution in [0.1, 0.15) is 25.2 Å². The maximum atomic E-state index is 12.9. The van der Waals surface area contributed by atoms with Crippen LogP contribution in [0.15, 0.2) is 34.9 Å². The summed E-state index contributed by atoms with van der Waals surface area (Å²) >= 11 is 0. The van der Waals surface area contributed by atoms with E-state index in [1.807, 2.05) is 0 Å². The number of halogens is 1. The van der Waals surface area contributed by atoms with Gasteiger partial charge in [0.15, 0.2) is 11.7 Å². The minimum absolute atomic E-state index is 0.0259. The Morgan fingerprint density at radius 2 is 2.17 bits per heavy atom. The van der Waals surface area contributed by atoms with Gasteiger partial charge in [0.25, 0.3) is 0 Å². The number of nitrogens with one attached hydrogen (secondary N) is 1. The maximum Gasteiger partial charge on any atom is 0.220 e. The highest BCUT2D eigenvalue weighted by molar-refractivity contribution is 5.76. The van der Waals surface area contributed by atoms with Crippen molar-refractivity contribution in [1.82, 2.24) is 10.3 Å². The zero-order valence-electron chi connectivity index (χ0n) is 12.8. The van der Waals surface area contributed by atoms with E-state index < -0.39 is 0 Å². The van der Waals surface area contributed by atoms with Crippen molar-refractivity contribution in [1.29, 1.82) is 0 Å². The molecular formula is C17H19FN2O3. The van der Waals surface area contributed by atoms with Gasteiger partial charge < -0.3 is 14.5 Å². The minimum atomic E-state index is -0.295. The van der Waals surface area contributed by atoms with Crippen LogP contribution in [0.5, 0.6) is 0 Å². The second-order valence-electron chi connectivity index (χ2n) is 5.61. The van der Waals surface area contributed by atoms with Crippen molar-refractivity contribution in [3.8, 4) is 11.3 Å². The normalized spacial score (nSPS) is 17.9. The summed E-state index contributed by atoms with van der Waals surface area (Å²) in [5, 5.41) is 2.96. The second kappa shape index (κ2) is 7.37. The summed E-state index contributed by atoms with van der Waals surface area (Å²) < 4.78 is 23.9. The molecule has 0 aliphatic carbocycles. The smallest absolute Gasteiger partial charge is 0.220 e. The van der Waals surface area contributed by atoms with Crippen molar-refractivity contribution in [2.24, 2.45) is 0 Å². The summed E-state index contributed by atoms with van der Waals surface area (Å²) in [6, 6.07) is 6.12. The molecule has 0 radical (unpaired) electrons. The van der Waals surface area contributed by atoms with Gasteiger partial charge in [-0.2, -0.15) is 0 Å². The molecule has 1 atom stereocenters. The first-order valence-corrected chi connectivity index (χ1v) is 7.78. The predicted molar refractivity (Wildman–Crippen MR) is 82.2 cm³/mol. The van der Waals surface area contributed by atoms with E-state index in [1.165, 1.54) is 12.1 Å². The van der Waals surface area contributed by atoms with Crippen molar-refractivity contribution in [2.45, 2.75) is 31.7 Å². The van der Waals surface area contributed by atoms with Gasteiger partial charge >= 0.3 is 0 Å². The quantitative estimate of drug-likeness (QED) is 0.920. The highest BCUT2D eigenvalue weighted by Crippen LogP contribution is 2.21. The number of aromatic nitrogens is 1. The van der Waals surface area contributed by atoms with Crippen molar-refractivity contribution < 1.29 is 18.3 Å². The van der Waals surface area contributed by atoms with Gasteiger partial charge in [-0.25, -0.2) is 9.37 Å². The molecule has 3 rings (SSSR count). The molecule has 1 amide bonds. The molecule has 2 aromatic rings. The number of aryl methyl sites for hydroxylation is 1. The second-order valence-corrected chi connectivity index (χ2v) is 5.61. The Bertz CT molecular complexity index is 648. The molecule has 1 N–H and O–H groups in total. The van der Waals surface area contributed by atoms with Crippen molar-refractivity contribution in [3.05, 3.63) is 42.2 Å². The predicted octanol–water partition coefficient (Wildman–Crippen LogP) is 2.71. The molecule has 1 aromatic heterocycles. The Balaban J connectivity index is 1.50. The first-order chi connectivity index (χ1) is 11.2. The summed E-state index contributed by atoms with van der Waals surface area (Å²) in [5.74, 6) is 0.749. The van der Waals surface area contributed by atoms with Crippen LogP contribution in [0.2, 0.25) is 0 Å². The molecule has 1 aliphatic heterocycles. The number of carbonyl (C=O) groups excluding carboxylic acids is 1. The van der Waals surface area contributed by atoms with E-state index in [4.69, 9.17) is 9.15 Å². The van der Waals surface area contributed by atoms with E-state index in [0.29, 0.717) is 31.1 Å². The molecule has 0 bridgehead atoms. The van der Waals surface area contributed by atoms with Crippen LogP contribution in [0.4, 0.5) is 4.39 Å². The number of oxazole rings is 1. The summed E-state index contributed by atoms with van der Waals surface area (Å²) in [6.07, 6.45) is 4.28. The Kier molecular flexibility index (Phi) is 5.02. The molecule has 5 nitrogen and oxygen atoms in total. The van der Waals surface area contributed by atoms with E-state index in [-0.39, 0.29) is 17.8 Å². The third kappa shape index (κ3) is 4.39. The SMILES string of the molecule is O=C(CCc1ncc(-c2ccc(F)cc2)o1)N[C@@H]1CCCOC1. The molecule has 0 saturated carbocycles. The largest absolute Gasteiger partial charge is 0.441 e. The first-order valence-electron chi connectivity index (χ1n) is 7.78. The lowest BCUT2D eigenvalue weighted by atomic mass is 10.1. The van der Waals surface area contributed by atoms with Crippen LogP contribution in [0, 0.1) is 5.82 Å². The Morgan fingerprint density at radius 3 is 2.91 bits per heavy atom. The van der Waals surface area contributed by atoms with Crippen LogP contribution in [0.3, 0.4) is 0 Å². The molecular weight excluding hydrogens is 299 g/mol. The number of rotatable bonds is 5. The number of benzene rings is 1. The van der Waals surface area contributed by atoms with Gasteiger partial charge in [0.05, 0.1) is 18.8 Å². The number of hydrogen-bond donors (Lipinski definition) is 1. The molecule has 1 aromatic carbocycles. The lowest BCUT2D eigenvalue weighted by Crippen LogP contribution is -2.40. The fourth-order valence-corrected chi connectivity index (χ4v) is 2.55. The summed E-state index contributed by atoms with van der Waals surface area (Å²) in [5.41, 5.74) is 0.758. The van der Waals surface area contributed by atoms with Crippen molar-refractivity contribution in [3.63, 3.8) is 0 Å². The van der Waals surface area contributed by atoms with Gasteiger partial charge in [0, 0.05) is 25.0 Å². The zero-order valence-corrected chi connectivity index (χ0v) is 12.8. The third-order valence-corrected chi connectivity index (χ3v) is 3.77. The first kappa shape index (κ1) is 15.7. The number of hydrogen-bond acceptors (Lipinski definition) is 4. The van der Waals surface area contributed by atoms with E-state index in [9.17, 15) is 9.18 Å². The third-order valence-electron chi connectivity index (χ3n) is 3.77. The van der Waals surface area contributed by atoms with E-state index in [2.05, 4.69) is 10.3 Å². The Morgan fingerprint density at radius 1 is 1.35 bits per heavy atom. The number of ether oxygens (including phenoxy) is 1. The van der Waals surface area contributed by atoms with Crippen LogP contribution in [-0.2, 0) is 16.0 Å². The van der Waals surface area contributed by atoms with Gasteiger partial charge in [-0.3, -0.25) is 4.79 Å². The highest BCUT2D eigenvalue weighted by Gasteiger charge is 2.16. The summed E-state index contributed by atoms with van der Waals surface area (Å²) in [7, 11) is 0. The van der Waals surface area contributed by atoms with Crippen molar-refractivity contribution in [2.75, 3.05) is 13.2 Å². The molecule has 1 fully saturated rings. The topological polar surface area (TPSA) is 64.4 Å². The number of nitrogens with zero attached hydrogens (tertiary/aromatic N) is 1. The van der Waals surface area contributed by atoms with Crippen LogP contribution in [-0.4, -0.2) is 30.1 Å². The van der Waals surface area contributed by atoms with Crippen molar-refractivity contribution >= 4 is 5.91 Å². The maximum absolute atomic E-state index is 12.9. The molecule has 6 heteroatoms. The Hall–Kier alpha value is -2.21. The van der Waals surface area contributed by atoms with Crippen LogP contribution >= 0.6 is 0 Å². The van der Waals surface area contributed by atoms with Gasteiger partial charge in [-0.05, 0) is 37.1 Å². The molecule has 1 aliphatic rings. The standard InChI is InChI=1S/C17H19FN2O3/c18-13-5-3-12(4-6-13)15-10-19-17(23-15)8-7-16(21)20-14-2-1-9-22-11-14/h3-6,10,14H,1-2,7-9,11H2,(H,20,21)/t14-/m1/s1. The average Bonchev–Trinajstić information content (AvgIpc) is 3.04. The highest BCUT2D eigenvalue weighted by atomic mass is 19.1. The van der Waals surface area contributed by atoms with Gasteiger partial charge in [-0.15, -0.1) is 0 Å². The summed E-state index contributed by atoms with van der Waals surface area (Å²) in [6.45, 7) is 1.36. The van der Waals surface area contributed by atoms with Gasteiger partial charge in [0.2, 0.25) is 5.91 Å². The molecule has 23 heavy (non-hydrogen) atoms. The van der Waals surface area contributed by atoms with Gasteiger partial charge in [0.1, 0.15) is 5.82 Å². The van der Waals surface area contributed by atoms with Crippen LogP contribution in [0.25, 0.3) is 11.3 Å². The summed E-state index contributed by atoms with van der Waals surface area (Å²) in [4.78, 5) is 16.1. The lowest BCUT2D eigenvalue weighted by molar-refractivity contribution is -0.122. The number of carbonyl (C=O) groups is 1. The fraction of sp³-hybridized carbons (Fsp3) is 0.412. The zero-order chi connectivity index (χ0) is 16.1. The van der Waals surface area contributed by atoms with E-state index in [0.717, 1.165) is 25.0 Å². The van der Waals surface area contributed by atoms with E-state index in [1.54, 1.807) is 18.3 Å². The van der Waals surface area contributed by atoms with Gasteiger partial charge in [-0.1, -0.05) is 0 Å². The molecule has 122 valence electrons. The molecule has 0 unspecified atom stereocenters. The number of amides is 1. The Labute approximate surface area is 133 Å². The monoisotopic (exact) mass is 318 g/mol. The van der Waals surface area contributed by atoms with E-state index >= 15 is 0 Å². The lowest BCUT2D eigenvalue weighted by Gasteiger charge is -2.22. The fourth-order valence-electron chi connectivity index (χ4n) is 2.55. The average molecular weight is 318 g/mol. The van der Waals surface area contributed by atoms with Crippen LogP contribution < -0.4 is 5.32 Å². The molecule has 2 heterocycles. The minimum Gasteiger partial charge on any atom is -0.441 e. The molecule has 1 saturated heterocycles.